The van der Waals surface area contributed by atoms with Crippen molar-refractivity contribution in [2.45, 2.75) is 33.2 Å². The molecule has 0 fully saturated rings. The molecule has 0 aliphatic heterocycles. The van der Waals surface area contributed by atoms with Crippen LogP contribution in [0.15, 0.2) is 12.1 Å². The number of nitrogens with one attached hydrogen (secondary N) is 1. The zero-order valence-electron chi connectivity index (χ0n) is 8.70. The van der Waals surface area contributed by atoms with Crippen LogP contribution in [0.2, 0.25) is 0 Å². The Kier molecular flexibility index (Phi) is 3.44. The fraction of sp³-hybridized carbons (Fsp3) is 0.455. The first-order valence-corrected chi connectivity index (χ1v) is 4.79. The molecule has 0 heterocycles. The van der Waals surface area contributed by atoms with E-state index < -0.39 is 11.6 Å². The van der Waals surface area contributed by atoms with Gasteiger partial charge in [-0.3, -0.25) is 0 Å². The van der Waals surface area contributed by atoms with Crippen LogP contribution in [-0.4, -0.2) is 6.04 Å². The highest BCUT2D eigenvalue weighted by Gasteiger charge is 2.10. The molecule has 80 valence electrons. The lowest BCUT2D eigenvalue weighted by Gasteiger charge is -2.12. The lowest BCUT2D eigenvalue weighted by Crippen LogP contribution is -2.13. The van der Waals surface area contributed by atoms with Gasteiger partial charge in [0.1, 0.15) is 17.3 Å². The van der Waals surface area contributed by atoms with Crippen LogP contribution in [0.3, 0.4) is 0 Å². The van der Waals surface area contributed by atoms with Crippen LogP contribution >= 0.6 is 0 Å². The Morgan fingerprint density at radius 3 is 2.14 bits per heavy atom. The summed E-state index contributed by atoms with van der Waals surface area (Å²) in [5.41, 5.74) is 0.645. The Morgan fingerprint density at radius 1 is 1.29 bits per heavy atom. The normalized spacial score (nSPS) is 10.7. The van der Waals surface area contributed by atoms with Gasteiger partial charge in [0.25, 0.3) is 0 Å². The van der Waals surface area contributed by atoms with Crippen molar-refractivity contribution < 1.29 is 10.2 Å². The monoisotopic (exact) mass is 201 g/mol. The third-order valence-electron chi connectivity index (χ3n) is 1.94. The van der Waals surface area contributed by atoms with Gasteiger partial charge in [0.2, 0.25) is 0 Å². The molecule has 3 heteroatoms. The predicted octanol–water partition coefficient (Wildman–Crippen LogP) is 3.59. The average Bonchev–Trinajstić information content (AvgIpc) is 2.10. The molecule has 1 nitrogen and oxygen atoms in total. The summed E-state index contributed by atoms with van der Waals surface area (Å²) in [7, 11) is 0. The van der Waals surface area contributed by atoms with Crippen LogP contribution < -0.4 is 5.32 Å². The van der Waals surface area contributed by atoms with Crippen molar-refractivity contribution in [3.05, 3.63) is 29.3 Å². The predicted molar refractivity (Wildman–Crippen MR) is 56.6 cm³/mol. The van der Waals surface area contributed by atoms with Crippen molar-refractivity contribution in [1.29, 1.82) is 0 Å². The molecule has 14 heavy (non-hydrogen) atoms. The van der Waals surface area contributed by atoms with E-state index in [1.807, 2.05) is 20.8 Å². The number of hydrogen-bond acceptors (Lipinski definition) is 1. The minimum absolute atomic E-state index is 0. The number of rotatable bonds is 3. The summed E-state index contributed by atoms with van der Waals surface area (Å²) in [6, 6.07) is 2.76. The van der Waals surface area contributed by atoms with E-state index in [9.17, 15) is 8.78 Å². The molecular weight excluding hydrogens is 184 g/mol. The molecule has 0 unspecified atom stereocenters. The van der Waals surface area contributed by atoms with Gasteiger partial charge in [-0.25, -0.2) is 8.78 Å². The van der Waals surface area contributed by atoms with Gasteiger partial charge in [0.15, 0.2) is 0 Å². The van der Waals surface area contributed by atoms with E-state index >= 15 is 0 Å². The Balaban J connectivity index is 0.00000196. The molecule has 0 spiro atoms. The zero-order valence-corrected chi connectivity index (χ0v) is 8.70. The molecule has 1 rings (SSSR count). The summed E-state index contributed by atoms with van der Waals surface area (Å²) in [6.07, 6.45) is 0.635. The first kappa shape index (κ1) is 11.0. The summed E-state index contributed by atoms with van der Waals surface area (Å²) in [6.45, 7) is 5.54. The molecule has 1 aromatic carbocycles. The van der Waals surface area contributed by atoms with E-state index in [2.05, 4.69) is 5.32 Å². The molecular formula is C11H17F2N. The fourth-order valence-electron chi connectivity index (χ4n) is 1.26. The maximum absolute atomic E-state index is 13.4. The van der Waals surface area contributed by atoms with E-state index in [0.717, 1.165) is 0 Å². The molecule has 1 aromatic rings. The smallest absolute Gasteiger partial charge is 0.149 e. The lowest BCUT2D eigenvalue weighted by atomic mass is 10.1. The second-order valence-electron chi connectivity index (χ2n) is 3.59. The van der Waals surface area contributed by atoms with Crippen molar-refractivity contribution in [3.63, 3.8) is 0 Å². The highest BCUT2D eigenvalue weighted by Crippen LogP contribution is 2.21. The quantitative estimate of drug-likeness (QED) is 0.788. The van der Waals surface area contributed by atoms with Gasteiger partial charge < -0.3 is 5.32 Å². The van der Waals surface area contributed by atoms with E-state index in [-0.39, 0.29) is 13.2 Å². The summed E-state index contributed by atoms with van der Waals surface area (Å²) in [5.74, 6) is -1.04. The minimum Gasteiger partial charge on any atom is -0.378 e. The van der Waals surface area contributed by atoms with Crippen LogP contribution in [0.5, 0.6) is 0 Å². The Morgan fingerprint density at radius 2 is 1.79 bits per heavy atom. The number of anilines is 1. The van der Waals surface area contributed by atoms with Crippen molar-refractivity contribution in [2.24, 2.45) is 0 Å². The van der Waals surface area contributed by atoms with Gasteiger partial charge in [-0.2, -0.15) is 0 Å². The van der Waals surface area contributed by atoms with Crippen LogP contribution in [-0.2, 0) is 6.42 Å². The van der Waals surface area contributed by atoms with Crippen LogP contribution in [0.25, 0.3) is 0 Å². The molecule has 0 aliphatic rings. The van der Waals surface area contributed by atoms with Crippen LogP contribution in [0, 0.1) is 11.6 Å². The van der Waals surface area contributed by atoms with E-state index in [1.165, 1.54) is 12.1 Å². The topological polar surface area (TPSA) is 12.0 Å². The number of aryl methyl sites for hydroxylation is 1. The first-order valence-electron chi connectivity index (χ1n) is 4.79. The zero-order chi connectivity index (χ0) is 10.7. The molecule has 0 aliphatic carbocycles. The first-order chi connectivity index (χ1) is 6.54. The SMILES string of the molecule is CCc1cc(F)c(NC(C)C)c(F)c1.[HH]. The molecule has 0 saturated heterocycles. The average molecular weight is 201 g/mol. The van der Waals surface area contributed by atoms with Crippen molar-refractivity contribution in [1.82, 2.24) is 0 Å². The number of hydrogen-bond donors (Lipinski definition) is 1. The minimum atomic E-state index is -0.518. The van der Waals surface area contributed by atoms with Crippen molar-refractivity contribution >= 4 is 5.69 Å². The summed E-state index contributed by atoms with van der Waals surface area (Å²) >= 11 is 0. The van der Waals surface area contributed by atoms with E-state index in [4.69, 9.17) is 0 Å². The molecule has 0 amide bonds. The Hall–Kier alpha value is -1.12. The fourth-order valence-corrected chi connectivity index (χ4v) is 1.26. The van der Waals surface area contributed by atoms with Crippen LogP contribution in [0.4, 0.5) is 14.5 Å². The standard InChI is InChI=1S/C11H15F2N.H2/c1-4-8-5-9(12)11(10(13)6-8)14-7(2)3;/h5-7,14H,4H2,1-3H3;1H. The second kappa shape index (κ2) is 4.40. The molecule has 0 radical (unpaired) electrons. The second-order valence-corrected chi connectivity index (χ2v) is 3.59. The van der Waals surface area contributed by atoms with Crippen molar-refractivity contribution in [3.8, 4) is 0 Å². The number of benzene rings is 1. The van der Waals surface area contributed by atoms with Gasteiger partial charge >= 0.3 is 0 Å². The summed E-state index contributed by atoms with van der Waals surface area (Å²) in [5, 5.41) is 2.74. The molecule has 1 N–H and O–H groups in total. The van der Waals surface area contributed by atoms with Gasteiger partial charge in [-0.05, 0) is 38.0 Å². The van der Waals surface area contributed by atoms with Gasteiger partial charge in [-0.15, -0.1) is 0 Å². The van der Waals surface area contributed by atoms with Gasteiger partial charge in [0, 0.05) is 7.47 Å². The Bertz CT molecular complexity index is 303. The molecule has 0 atom stereocenters. The number of halogens is 2. The molecule has 0 saturated carbocycles. The lowest BCUT2D eigenvalue weighted by molar-refractivity contribution is 0.582. The third kappa shape index (κ3) is 2.44. The largest absolute Gasteiger partial charge is 0.378 e. The molecule has 0 aromatic heterocycles. The third-order valence-corrected chi connectivity index (χ3v) is 1.94. The maximum Gasteiger partial charge on any atom is 0.149 e. The van der Waals surface area contributed by atoms with E-state index in [0.29, 0.717) is 12.0 Å². The van der Waals surface area contributed by atoms with Gasteiger partial charge in [0.05, 0.1) is 0 Å². The van der Waals surface area contributed by atoms with Crippen LogP contribution in [0.1, 0.15) is 27.8 Å². The summed E-state index contributed by atoms with van der Waals surface area (Å²) < 4.78 is 26.7. The highest BCUT2D eigenvalue weighted by atomic mass is 19.1. The maximum atomic E-state index is 13.4. The Labute approximate surface area is 84.6 Å². The van der Waals surface area contributed by atoms with Crippen molar-refractivity contribution in [2.75, 3.05) is 5.32 Å². The van der Waals surface area contributed by atoms with Gasteiger partial charge in [-0.1, -0.05) is 6.92 Å². The highest BCUT2D eigenvalue weighted by molar-refractivity contribution is 5.48. The summed E-state index contributed by atoms with van der Waals surface area (Å²) in [4.78, 5) is 0. The molecule has 0 bridgehead atoms. The van der Waals surface area contributed by atoms with E-state index in [1.54, 1.807) is 0 Å².